The van der Waals surface area contributed by atoms with Crippen molar-refractivity contribution in [2.24, 2.45) is 0 Å². The van der Waals surface area contributed by atoms with E-state index in [1.807, 2.05) is 13.0 Å². The van der Waals surface area contributed by atoms with Gasteiger partial charge in [-0.15, -0.1) is 10.2 Å². The Morgan fingerprint density at radius 3 is 2.75 bits per heavy atom. The second-order valence-corrected chi connectivity index (χ2v) is 7.76. The summed E-state index contributed by atoms with van der Waals surface area (Å²) in [6, 6.07) is 2.38. The lowest BCUT2D eigenvalue weighted by atomic mass is 10.2. The number of rotatable bonds is 5. The molecule has 1 aliphatic heterocycles. The third-order valence-corrected chi connectivity index (χ3v) is 5.68. The molecule has 0 fully saturated rings. The second kappa shape index (κ2) is 7.13. The fraction of sp³-hybridized carbons (Fsp3) is 0.611. The van der Waals surface area contributed by atoms with Crippen molar-refractivity contribution in [1.29, 1.82) is 0 Å². The lowest BCUT2D eigenvalue weighted by Gasteiger charge is -2.13. The lowest BCUT2D eigenvalue weighted by Crippen LogP contribution is -2.09. The average molecular weight is 347 g/mol. The first-order valence-electron chi connectivity index (χ1n) is 8.75. The van der Waals surface area contributed by atoms with Crippen molar-refractivity contribution in [3.63, 3.8) is 0 Å². The van der Waals surface area contributed by atoms with Crippen LogP contribution in [-0.2, 0) is 13.0 Å². The zero-order valence-corrected chi connectivity index (χ0v) is 15.8. The molecule has 0 unspecified atom stereocenters. The van der Waals surface area contributed by atoms with E-state index in [0.29, 0.717) is 11.8 Å². The fourth-order valence-corrected chi connectivity index (χ4v) is 4.49. The van der Waals surface area contributed by atoms with E-state index < -0.39 is 0 Å². The van der Waals surface area contributed by atoms with Gasteiger partial charge in [-0.25, -0.2) is 0 Å². The van der Waals surface area contributed by atoms with Crippen LogP contribution in [0.25, 0.3) is 0 Å². The van der Waals surface area contributed by atoms with E-state index in [-0.39, 0.29) is 5.78 Å². The highest BCUT2D eigenvalue weighted by molar-refractivity contribution is 7.99. The predicted molar refractivity (Wildman–Crippen MR) is 96.9 cm³/mol. The largest absolute Gasteiger partial charge is 0.346 e. The molecule has 0 spiro atoms. The van der Waals surface area contributed by atoms with E-state index in [0.717, 1.165) is 40.9 Å². The summed E-state index contributed by atoms with van der Waals surface area (Å²) < 4.78 is 4.42. The summed E-state index contributed by atoms with van der Waals surface area (Å²) in [6.07, 6.45) is 4.59. The van der Waals surface area contributed by atoms with Gasteiger partial charge in [-0.1, -0.05) is 18.2 Å². The van der Waals surface area contributed by atoms with Gasteiger partial charge in [0.05, 0.1) is 5.75 Å². The normalized spacial score (nSPS) is 14.7. The van der Waals surface area contributed by atoms with Gasteiger partial charge in [0.25, 0.3) is 0 Å². The van der Waals surface area contributed by atoms with Crippen LogP contribution in [0.4, 0.5) is 0 Å². The monoisotopic (exact) mass is 346 g/mol. The Bertz CT molecular complexity index is 745. The molecule has 5 nitrogen and oxygen atoms in total. The van der Waals surface area contributed by atoms with Crippen molar-refractivity contribution >= 4 is 17.5 Å². The Morgan fingerprint density at radius 1 is 1.25 bits per heavy atom. The second-order valence-electron chi connectivity index (χ2n) is 6.82. The molecule has 3 rings (SSSR count). The van der Waals surface area contributed by atoms with Crippen LogP contribution in [0.2, 0.25) is 0 Å². The molecule has 24 heavy (non-hydrogen) atoms. The van der Waals surface area contributed by atoms with Gasteiger partial charge in [-0.05, 0) is 46.6 Å². The Labute approximate surface area is 147 Å². The van der Waals surface area contributed by atoms with Gasteiger partial charge in [0, 0.05) is 36.0 Å². The van der Waals surface area contributed by atoms with E-state index >= 15 is 0 Å². The molecule has 2 aromatic heterocycles. The molecule has 1 aliphatic rings. The van der Waals surface area contributed by atoms with E-state index in [4.69, 9.17) is 0 Å². The van der Waals surface area contributed by atoms with Gasteiger partial charge in [-0.2, -0.15) is 0 Å². The Kier molecular flexibility index (Phi) is 5.13. The molecule has 3 heterocycles. The Balaban J connectivity index is 1.73. The molecule has 0 amide bonds. The Hall–Kier alpha value is -1.56. The van der Waals surface area contributed by atoms with Crippen LogP contribution in [-0.4, -0.2) is 30.9 Å². The van der Waals surface area contributed by atoms with Gasteiger partial charge >= 0.3 is 0 Å². The first-order valence-corrected chi connectivity index (χ1v) is 9.74. The molecule has 2 aromatic rings. The highest BCUT2D eigenvalue weighted by Gasteiger charge is 2.20. The first-order chi connectivity index (χ1) is 11.5. The highest BCUT2D eigenvalue weighted by atomic mass is 32.2. The van der Waals surface area contributed by atoms with E-state index in [2.05, 4.69) is 40.1 Å². The fourth-order valence-electron chi connectivity index (χ4n) is 3.63. The zero-order chi connectivity index (χ0) is 17.3. The SMILES string of the molecule is Cc1cc(C(=O)CSc2nnc3n2CCCCC3)c(C)n1C(C)C. The van der Waals surface area contributed by atoms with Crippen LogP contribution in [0.15, 0.2) is 11.2 Å². The van der Waals surface area contributed by atoms with E-state index in [1.54, 1.807) is 0 Å². The summed E-state index contributed by atoms with van der Waals surface area (Å²) in [5.41, 5.74) is 3.05. The Morgan fingerprint density at radius 2 is 2.04 bits per heavy atom. The molecular weight excluding hydrogens is 320 g/mol. The molecule has 0 saturated carbocycles. The molecule has 130 valence electrons. The lowest BCUT2D eigenvalue weighted by molar-refractivity contribution is 0.102. The van der Waals surface area contributed by atoms with Gasteiger partial charge in [0.15, 0.2) is 10.9 Å². The summed E-state index contributed by atoms with van der Waals surface area (Å²) in [6.45, 7) is 9.37. The van der Waals surface area contributed by atoms with E-state index in [1.165, 1.54) is 31.0 Å². The quantitative estimate of drug-likeness (QED) is 0.607. The first kappa shape index (κ1) is 17.3. The van der Waals surface area contributed by atoms with Crippen LogP contribution in [0.1, 0.15) is 66.7 Å². The van der Waals surface area contributed by atoms with Crippen LogP contribution >= 0.6 is 11.8 Å². The molecule has 0 N–H and O–H groups in total. The van der Waals surface area contributed by atoms with Crippen LogP contribution in [0.5, 0.6) is 0 Å². The number of carbonyl (C=O) groups is 1. The number of aryl methyl sites for hydroxylation is 2. The predicted octanol–water partition coefficient (Wildman–Crippen LogP) is 3.98. The number of ketones is 1. The number of thioether (sulfide) groups is 1. The summed E-state index contributed by atoms with van der Waals surface area (Å²) in [5, 5.41) is 9.49. The summed E-state index contributed by atoms with van der Waals surface area (Å²) in [7, 11) is 0. The topological polar surface area (TPSA) is 52.7 Å². The number of hydrogen-bond acceptors (Lipinski definition) is 4. The number of aromatic nitrogens is 4. The minimum absolute atomic E-state index is 0.172. The van der Waals surface area contributed by atoms with Gasteiger partial charge in [-0.3, -0.25) is 4.79 Å². The summed E-state index contributed by atoms with van der Waals surface area (Å²) in [5.74, 6) is 1.66. The smallest absolute Gasteiger partial charge is 0.191 e. The van der Waals surface area contributed by atoms with E-state index in [9.17, 15) is 4.79 Å². The summed E-state index contributed by atoms with van der Waals surface area (Å²) in [4.78, 5) is 12.7. The van der Waals surface area contributed by atoms with Gasteiger partial charge in [0.1, 0.15) is 5.82 Å². The molecule has 0 aliphatic carbocycles. The van der Waals surface area contributed by atoms with Crippen molar-refractivity contribution in [1.82, 2.24) is 19.3 Å². The minimum Gasteiger partial charge on any atom is -0.346 e. The molecule has 0 atom stereocenters. The maximum absolute atomic E-state index is 12.7. The average Bonchev–Trinajstić information content (AvgIpc) is 2.95. The summed E-state index contributed by atoms with van der Waals surface area (Å²) >= 11 is 1.52. The minimum atomic E-state index is 0.172. The number of hydrogen-bond donors (Lipinski definition) is 0. The van der Waals surface area contributed by atoms with Crippen LogP contribution < -0.4 is 0 Å². The third kappa shape index (κ3) is 3.29. The third-order valence-electron chi connectivity index (χ3n) is 4.71. The van der Waals surface area contributed by atoms with Gasteiger partial charge < -0.3 is 9.13 Å². The molecule has 0 bridgehead atoms. The van der Waals surface area contributed by atoms with Crippen LogP contribution in [0.3, 0.4) is 0 Å². The number of nitrogens with zero attached hydrogens (tertiary/aromatic N) is 4. The van der Waals surface area contributed by atoms with Gasteiger partial charge in [0.2, 0.25) is 0 Å². The molecular formula is C18H26N4OS. The molecule has 0 aromatic carbocycles. The maximum atomic E-state index is 12.7. The number of carbonyl (C=O) groups excluding carboxylic acids is 1. The van der Waals surface area contributed by atoms with Crippen molar-refractivity contribution in [3.8, 4) is 0 Å². The van der Waals surface area contributed by atoms with Crippen LogP contribution in [0, 0.1) is 13.8 Å². The molecule has 0 saturated heterocycles. The number of Topliss-reactive ketones (excluding diaryl/α,β-unsaturated/α-hetero) is 1. The van der Waals surface area contributed by atoms with Crippen molar-refractivity contribution in [3.05, 3.63) is 28.8 Å². The maximum Gasteiger partial charge on any atom is 0.191 e. The molecule has 0 radical (unpaired) electrons. The highest BCUT2D eigenvalue weighted by Crippen LogP contribution is 2.25. The van der Waals surface area contributed by atoms with Crippen molar-refractivity contribution < 1.29 is 4.79 Å². The zero-order valence-electron chi connectivity index (χ0n) is 15.0. The standard InChI is InChI=1S/C18H26N4OS/c1-12(2)22-13(3)10-15(14(22)4)16(23)11-24-18-20-19-17-8-6-5-7-9-21(17)18/h10,12H,5-9,11H2,1-4H3. The number of fused-ring (bicyclic) bond motifs is 1. The molecule has 6 heteroatoms. The van der Waals surface area contributed by atoms with Crippen molar-refractivity contribution in [2.75, 3.05) is 5.75 Å². The van der Waals surface area contributed by atoms with Crippen molar-refractivity contribution in [2.45, 2.75) is 71.1 Å².